The van der Waals surface area contributed by atoms with Gasteiger partial charge in [0.15, 0.2) is 5.13 Å². The Labute approximate surface area is 150 Å². The smallest absolute Gasteiger partial charge is 0.228 e. The van der Waals surface area contributed by atoms with Gasteiger partial charge in [-0.1, -0.05) is 0 Å². The van der Waals surface area contributed by atoms with Crippen molar-refractivity contribution in [3.63, 3.8) is 0 Å². The SMILES string of the molecule is CN(C)C(CNC(=O)Cc1csc(N2CCCC2=O)n1)c1ccco1. The van der Waals surface area contributed by atoms with Crippen LogP contribution in [0.3, 0.4) is 0 Å². The van der Waals surface area contributed by atoms with Gasteiger partial charge in [0.1, 0.15) is 5.76 Å². The quantitative estimate of drug-likeness (QED) is 0.813. The largest absolute Gasteiger partial charge is 0.468 e. The molecule has 0 aromatic carbocycles. The molecule has 0 radical (unpaired) electrons. The standard InChI is InChI=1S/C17H22N4O3S/c1-20(2)13(14-5-4-8-24-14)10-18-15(22)9-12-11-25-17(19-12)21-7-3-6-16(21)23/h4-5,8,11,13H,3,6-7,9-10H2,1-2H3,(H,18,22). The van der Waals surface area contributed by atoms with Gasteiger partial charge in [0.05, 0.1) is 24.4 Å². The van der Waals surface area contributed by atoms with E-state index in [-0.39, 0.29) is 24.3 Å². The first kappa shape index (κ1) is 17.6. The van der Waals surface area contributed by atoms with Gasteiger partial charge in [-0.3, -0.25) is 19.4 Å². The summed E-state index contributed by atoms with van der Waals surface area (Å²) < 4.78 is 5.44. The number of rotatable bonds is 7. The van der Waals surface area contributed by atoms with Gasteiger partial charge in [0.25, 0.3) is 0 Å². The normalized spacial score (nSPS) is 15.8. The van der Waals surface area contributed by atoms with Gasteiger partial charge in [-0.25, -0.2) is 4.98 Å². The first-order chi connectivity index (χ1) is 12.0. The minimum absolute atomic E-state index is 0.0211. The molecule has 2 aromatic heterocycles. The van der Waals surface area contributed by atoms with E-state index in [9.17, 15) is 9.59 Å². The van der Waals surface area contributed by atoms with Crippen LogP contribution in [0.2, 0.25) is 0 Å². The average Bonchev–Trinajstić information content (AvgIpc) is 3.29. The topological polar surface area (TPSA) is 78.7 Å². The second-order valence-electron chi connectivity index (χ2n) is 6.25. The van der Waals surface area contributed by atoms with Crippen molar-refractivity contribution in [1.82, 2.24) is 15.2 Å². The molecule has 134 valence electrons. The van der Waals surface area contributed by atoms with Gasteiger partial charge in [-0.05, 0) is 32.6 Å². The van der Waals surface area contributed by atoms with Crippen molar-refractivity contribution in [2.24, 2.45) is 0 Å². The molecule has 1 unspecified atom stereocenters. The lowest BCUT2D eigenvalue weighted by atomic mass is 10.2. The zero-order valence-corrected chi connectivity index (χ0v) is 15.2. The predicted molar refractivity (Wildman–Crippen MR) is 95.6 cm³/mol. The van der Waals surface area contributed by atoms with Gasteiger partial charge in [-0.15, -0.1) is 11.3 Å². The van der Waals surface area contributed by atoms with Gasteiger partial charge in [-0.2, -0.15) is 0 Å². The van der Waals surface area contributed by atoms with Crippen LogP contribution in [0.1, 0.15) is 30.3 Å². The van der Waals surface area contributed by atoms with E-state index in [4.69, 9.17) is 4.42 Å². The summed E-state index contributed by atoms with van der Waals surface area (Å²) in [5, 5.41) is 5.46. The fourth-order valence-corrected chi connectivity index (χ4v) is 3.68. The first-order valence-corrected chi connectivity index (χ1v) is 9.14. The number of carbonyl (C=O) groups is 2. The number of carbonyl (C=O) groups excluding carboxylic acids is 2. The molecule has 25 heavy (non-hydrogen) atoms. The average molecular weight is 362 g/mol. The molecule has 1 atom stereocenters. The number of amides is 2. The van der Waals surface area contributed by atoms with Gasteiger partial charge >= 0.3 is 0 Å². The zero-order valence-electron chi connectivity index (χ0n) is 14.4. The van der Waals surface area contributed by atoms with Gasteiger partial charge in [0, 0.05) is 24.9 Å². The minimum Gasteiger partial charge on any atom is -0.468 e. The number of nitrogens with one attached hydrogen (secondary N) is 1. The Morgan fingerprint density at radius 3 is 3.00 bits per heavy atom. The van der Waals surface area contributed by atoms with Crippen LogP contribution >= 0.6 is 11.3 Å². The molecule has 3 rings (SSSR count). The van der Waals surface area contributed by atoms with E-state index >= 15 is 0 Å². The number of aromatic nitrogens is 1. The van der Waals surface area contributed by atoms with E-state index in [2.05, 4.69) is 10.3 Å². The highest BCUT2D eigenvalue weighted by molar-refractivity contribution is 7.14. The minimum atomic E-state index is -0.0944. The third kappa shape index (κ3) is 4.26. The van der Waals surface area contributed by atoms with E-state index in [1.807, 2.05) is 36.5 Å². The third-order valence-electron chi connectivity index (χ3n) is 4.17. The summed E-state index contributed by atoms with van der Waals surface area (Å²) >= 11 is 1.41. The molecule has 0 aliphatic carbocycles. The number of hydrogen-bond acceptors (Lipinski definition) is 6. The van der Waals surface area contributed by atoms with E-state index < -0.39 is 0 Å². The Balaban J connectivity index is 1.54. The van der Waals surface area contributed by atoms with Crippen molar-refractivity contribution in [2.45, 2.75) is 25.3 Å². The summed E-state index contributed by atoms with van der Waals surface area (Å²) in [4.78, 5) is 32.1. The second-order valence-corrected chi connectivity index (χ2v) is 7.08. The van der Waals surface area contributed by atoms with Crippen molar-refractivity contribution in [3.05, 3.63) is 35.2 Å². The summed E-state index contributed by atoms with van der Waals surface area (Å²) in [6, 6.07) is 3.72. The lowest BCUT2D eigenvalue weighted by molar-refractivity contribution is -0.120. The number of nitrogens with zero attached hydrogens (tertiary/aromatic N) is 3. The molecule has 2 aromatic rings. The maximum absolute atomic E-state index is 12.2. The lowest BCUT2D eigenvalue weighted by Crippen LogP contribution is -2.35. The molecule has 1 N–H and O–H groups in total. The van der Waals surface area contributed by atoms with Crippen LogP contribution in [-0.2, 0) is 16.0 Å². The van der Waals surface area contributed by atoms with Gasteiger partial charge < -0.3 is 9.73 Å². The Hall–Kier alpha value is -2.19. The first-order valence-electron chi connectivity index (χ1n) is 8.26. The van der Waals surface area contributed by atoms with Crippen LogP contribution < -0.4 is 10.2 Å². The second kappa shape index (κ2) is 7.79. The molecular formula is C17H22N4O3S. The van der Waals surface area contributed by atoms with E-state index in [0.29, 0.717) is 30.3 Å². The summed E-state index contributed by atoms with van der Waals surface area (Å²) in [7, 11) is 3.89. The molecule has 8 heteroatoms. The molecule has 7 nitrogen and oxygen atoms in total. The van der Waals surface area contributed by atoms with Crippen molar-refractivity contribution < 1.29 is 14.0 Å². The summed E-state index contributed by atoms with van der Waals surface area (Å²) in [6.07, 6.45) is 3.28. The number of thiazole rings is 1. The number of furan rings is 1. The molecule has 2 amide bonds. The molecular weight excluding hydrogens is 340 g/mol. The summed E-state index contributed by atoms with van der Waals surface area (Å²) in [5.41, 5.74) is 0.691. The summed E-state index contributed by atoms with van der Waals surface area (Å²) in [5.74, 6) is 0.828. The highest BCUT2D eigenvalue weighted by Crippen LogP contribution is 2.25. The Bertz CT molecular complexity index is 726. The zero-order chi connectivity index (χ0) is 17.8. The molecule has 1 aliphatic heterocycles. The monoisotopic (exact) mass is 362 g/mol. The molecule has 0 bridgehead atoms. The maximum Gasteiger partial charge on any atom is 0.228 e. The lowest BCUT2D eigenvalue weighted by Gasteiger charge is -2.22. The van der Waals surface area contributed by atoms with Crippen LogP contribution in [0.4, 0.5) is 5.13 Å². The highest BCUT2D eigenvalue weighted by atomic mass is 32.1. The van der Waals surface area contributed by atoms with Crippen LogP contribution in [-0.4, -0.2) is 48.9 Å². The molecule has 1 fully saturated rings. The van der Waals surface area contributed by atoms with E-state index in [1.54, 1.807) is 11.2 Å². The molecule has 0 saturated carbocycles. The van der Waals surface area contributed by atoms with Crippen LogP contribution in [0.5, 0.6) is 0 Å². The van der Waals surface area contributed by atoms with Crippen LogP contribution in [0.25, 0.3) is 0 Å². The van der Waals surface area contributed by atoms with Gasteiger partial charge in [0.2, 0.25) is 11.8 Å². The summed E-state index contributed by atoms with van der Waals surface area (Å²) in [6.45, 7) is 1.17. The fourth-order valence-electron chi connectivity index (χ4n) is 2.81. The highest BCUT2D eigenvalue weighted by Gasteiger charge is 2.24. The van der Waals surface area contributed by atoms with Crippen molar-refractivity contribution in [2.75, 3.05) is 32.1 Å². The number of anilines is 1. The van der Waals surface area contributed by atoms with E-state index in [1.165, 1.54) is 11.3 Å². The van der Waals surface area contributed by atoms with Crippen LogP contribution in [0.15, 0.2) is 28.2 Å². The predicted octanol–water partition coefficient (Wildman–Crippen LogP) is 1.82. The van der Waals surface area contributed by atoms with Crippen molar-refractivity contribution in [1.29, 1.82) is 0 Å². The molecule has 0 spiro atoms. The Morgan fingerprint density at radius 1 is 1.52 bits per heavy atom. The molecule has 1 aliphatic rings. The van der Waals surface area contributed by atoms with E-state index in [0.717, 1.165) is 12.2 Å². The van der Waals surface area contributed by atoms with Crippen molar-refractivity contribution in [3.8, 4) is 0 Å². The maximum atomic E-state index is 12.2. The third-order valence-corrected chi connectivity index (χ3v) is 5.09. The number of likely N-dealkylation sites (N-methyl/N-ethyl adjacent to an activating group) is 1. The Kier molecular flexibility index (Phi) is 5.50. The fraction of sp³-hybridized carbons (Fsp3) is 0.471. The molecule has 1 saturated heterocycles. The number of hydrogen-bond donors (Lipinski definition) is 1. The van der Waals surface area contributed by atoms with Crippen molar-refractivity contribution >= 4 is 28.3 Å². The van der Waals surface area contributed by atoms with Crippen LogP contribution in [0, 0.1) is 0 Å². The molecule has 3 heterocycles. The Morgan fingerprint density at radius 2 is 2.36 bits per heavy atom.